The Kier molecular flexibility index (Phi) is 3.48. The number of aliphatic hydroxyl groups excluding tert-OH is 1. The second-order valence-electron chi connectivity index (χ2n) is 3.90. The fraction of sp³-hybridized carbons (Fsp3) is 0.800. The molecule has 4 nitrogen and oxygen atoms in total. The van der Waals surface area contributed by atoms with Gasteiger partial charge in [0.15, 0.2) is 0 Å². The quantitative estimate of drug-likeness (QED) is 0.675. The Morgan fingerprint density at radius 1 is 1.71 bits per heavy atom. The van der Waals surface area contributed by atoms with Gasteiger partial charge in [-0.2, -0.15) is 5.26 Å². The van der Waals surface area contributed by atoms with Gasteiger partial charge in [0.25, 0.3) is 0 Å². The van der Waals surface area contributed by atoms with Gasteiger partial charge in [0.05, 0.1) is 18.2 Å². The van der Waals surface area contributed by atoms with E-state index in [-0.39, 0.29) is 12.5 Å². The molecule has 1 rings (SSSR count). The summed E-state index contributed by atoms with van der Waals surface area (Å²) >= 11 is 0. The van der Waals surface area contributed by atoms with E-state index in [0.717, 1.165) is 19.3 Å². The Balaban J connectivity index is 2.44. The van der Waals surface area contributed by atoms with Gasteiger partial charge in [0.2, 0.25) is 5.91 Å². The van der Waals surface area contributed by atoms with Crippen LogP contribution in [0.5, 0.6) is 0 Å². The molecule has 14 heavy (non-hydrogen) atoms. The Bertz CT molecular complexity index is 253. The molecule has 0 saturated heterocycles. The lowest BCUT2D eigenvalue weighted by atomic mass is 10.0. The third-order valence-electron chi connectivity index (χ3n) is 2.59. The van der Waals surface area contributed by atoms with Crippen LogP contribution in [-0.2, 0) is 4.79 Å². The largest absolute Gasteiger partial charge is 0.394 e. The fourth-order valence-electron chi connectivity index (χ4n) is 1.36. The molecule has 1 saturated carbocycles. The Hall–Kier alpha value is -1.08. The van der Waals surface area contributed by atoms with Crippen molar-refractivity contribution in [2.24, 2.45) is 5.92 Å². The highest BCUT2D eigenvalue weighted by Crippen LogP contribution is 2.34. The zero-order valence-electron chi connectivity index (χ0n) is 8.42. The van der Waals surface area contributed by atoms with Crippen molar-refractivity contribution >= 4 is 5.91 Å². The molecule has 0 aromatic carbocycles. The van der Waals surface area contributed by atoms with Crippen LogP contribution in [-0.4, -0.2) is 23.2 Å². The second kappa shape index (κ2) is 4.43. The van der Waals surface area contributed by atoms with E-state index in [1.807, 2.05) is 13.0 Å². The number of nitrogens with zero attached hydrogens (tertiary/aromatic N) is 1. The normalized spacial score (nSPS) is 19.5. The molecule has 0 heterocycles. The average Bonchev–Trinajstić information content (AvgIpc) is 2.94. The van der Waals surface area contributed by atoms with E-state index in [9.17, 15) is 4.79 Å². The molecule has 0 aromatic heterocycles. The predicted molar refractivity (Wildman–Crippen MR) is 51.2 cm³/mol. The minimum Gasteiger partial charge on any atom is -0.394 e. The fourth-order valence-corrected chi connectivity index (χ4v) is 1.36. The van der Waals surface area contributed by atoms with Crippen molar-refractivity contribution in [1.29, 1.82) is 5.26 Å². The van der Waals surface area contributed by atoms with Crippen LogP contribution >= 0.6 is 0 Å². The molecule has 2 N–H and O–H groups in total. The zero-order chi connectivity index (χ0) is 10.6. The SMILES string of the molecule is CCCC(C#N)C(=O)NC1(CO)CC1. The molecular weight excluding hydrogens is 180 g/mol. The van der Waals surface area contributed by atoms with Gasteiger partial charge < -0.3 is 10.4 Å². The van der Waals surface area contributed by atoms with Gasteiger partial charge in [0, 0.05) is 0 Å². The van der Waals surface area contributed by atoms with Gasteiger partial charge in [-0.15, -0.1) is 0 Å². The smallest absolute Gasteiger partial charge is 0.237 e. The highest BCUT2D eigenvalue weighted by molar-refractivity contribution is 5.82. The number of nitriles is 1. The maximum atomic E-state index is 11.5. The van der Waals surface area contributed by atoms with Crippen LogP contribution in [0.3, 0.4) is 0 Å². The van der Waals surface area contributed by atoms with Gasteiger partial charge in [-0.25, -0.2) is 0 Å². The van der Waals surface area contributed by atoms with Crippen LogP contribution in [0, 0.1) is 17.2 Å². The van der Waals surface area contributed by atoms with Crippen molar-refractivity contribution in [3.63, 3.8) is 0 Å². The number of rotatable bonds is 5. The topological polar surface area (TPSA) is 73.1 Å². The van der Waals surface area contributed by atoms with Gasteiger partial charge >= 0.3 is 0 Å². The van der Waals surface area contributed by atoms with Gasteiger partial charge in [-0.3, -0.25) is 4.79 Å². The molecule has 1 fully saturated rings. The van der Waals surface area contributed by atoms with E-state index in [1.165, 1.54) is 0 Å². The lowest BCUT2D eigenvalue weighted by Gasteiger charge is -2.16. The van der Waals surface area contributed by atoms with Crippen LogP contribution < -0.4 is 5.32 Å². The third-order valence-corrected chi connectivity index (χ3v) is 2.59. The molecule has 1 unspecified atom stereocenters. The lowest BCUT2D eigenvalue weighted by molar-refractivity contribution is -0.124. The maximum Gasteiger partial charge on any atom is 0.237 e. The first-order valence-corrected chi connectivity index (χ1v) is 5.00. The summed E-state index contributed by atoms with van der Waals surface area (Å²) in [5, 5.41) is 20.5. The van der Waals surface area contributed by atoms with E-state index >= 15 is 0 Å². The summed E-state index contributed by atoms with van der Waals surface area (Å²) in [5.74, 6) is -0.801. The summed E-state index contributed by atoms with van der Waals surface area (Å²) in [6, 6.07) is 1.98. The maximum absolute atomic E-state index is 11.5. The van der Waals surface area contributed by atoms with Crippen molar-refractivity contribution in [1.82, 2.24) is 5.32 Å². The Labute approximate surface area is 83.9 Å². The standard InChI is InChI=1S/C10H16N2O2/c1-2-3-8(6-11)9(14)12-10(7-13)4-5-10/h8,13H,2-5,7H2,1H3,(H,12,14). The summed E-state index contributed by atoms with van der Waals surface area (Å²) in [7, 11) is 0. The van der Waals surface area contributed by atoms with Gasteiger partial charge in [0.1, 0.15) is 5.92 Å². The van der Waals surface area contributed by atoms with E-state index in [0.29, 0.717) is 6.42 Å². The van der Waals surface area contributed by atoms with Crippen molar-refractivity contribution in [3.8, 4) is 6.07 Å². The highest BCUT2D eigenvalue weighted by Gasteiger charge is 2.44. The van der Waals surface area contributed by atoms with Gasteiger partial charge in [-0.05, 0) is 19.3 Å². The molecular formula is C10H16N2O2. The first-order valence-electron chi connectivity index (χ1n) is 5.00. The Morgan fingerprint density at radius 2 is 2.36 bits per heavy atom. The molecule has 78 valence electrons. The molecule has 4 heteroatoms. The minimum absolute atomic E-state index is 0.0248. The molecule has 1 amide bonds. The number of nitrogens with one attached hydrogen (secondary N) is 1. The number of hydrogen-bond acceptors (Lipinski definition) is 3. The zero-order valence-corrected chi connectivity index (χ0v) is 8.42. The monoisotopic (exact) mass is 196 g/mol. The summed E-state index contributed by atoms with van der Waals surface area (Å²) in [5.41, 5.74) is -0.403. The number of amides is 1. The number of aliphatic hydroxyl groups is 1. The lowest BCUT2D eigenvalue weighted by Crippen LogP contribution is -2.42. The summed E-state index contributed by atoms with van der Waals surface area (Å²) in [4.78, 5) is 11.5. The van der Waals surface area contributed by atoms with E-state index in [2.05, 4.69) is 5.32 Å². The van der Waals surface area contributed by atoms with Crippen LogP contribution in [0.2, 0.25) is 0 Å². The molecule has 0 aromatic rings. The van der Waals surface area contributed by atoms with Gasteiger partial charge in [-0.1, -0.05) is 13.3 Å². The van der Waals surface area contributed by atoms with Crippen molar-refractivity contribution in [3.05, 3.63) is 0 Å². The van der Waals surface area contributed by atoms with E-state index in [1.54, 1.807) is 0 Å². The summed E-state index contributed by atoms with van der Waals surface area (Å²) in [6.07, 6.45) is 3.04. The Morgan fingerprint density at radius 3 is 2.71 bits per heavy atom. The summed E-state index contributed by atoms with van der Waals surface area (Å²) < 4.78 is 0. The molecule has 1 aliphatic rings. The third kappa shape index (κ3) is 2.46. The molecule has 0 spiro atoms. The summed E-state index contributed by atoms with van der Waals surface area (Å²) in [6.45, 7) is 1.92. The van der Waals surface area contributed by atoms with Crippen molar-refractivity contribution in [2.45, 2.75) is 38.1 Å². The molecule has 0 aliphatic heterocycles. The van der Waals surface area contributed by atoms with Crippen LogP contribution in [0.4, 0.5) is 0 Å². The molecule has 0 radical (unpaired) electrons. The number of hydrogen-bond donors (Lipinski definition) is 2. The molecule has 1 atom stereocenters. The minimum atomic E-state index is -0.566. The van der Waals surface area contributed by atoms with Crippen LogP contribution in [0.15, 0.2) is 0 Å². The van der Waals surface area contributed by atoms with Crippen molar-refractivity contribution < 1.29 is 9.90 Å². The first-order chi connectivity index (χ1) is 6.67. The highest BCUT2D eigenvalue weighted by atomic mass is 16.3. The second-order valence-corrected chi connectivity index (χ2v) is 3.90. The van der Waals surface area contributed by atoms with Crippen molar-refractivity contribution in [2.75, 3.05) is 6.61 Å². The predicted octanol–water partition coefficient (Wildman–Crippen LogP) is 0.567. The average molecular weight is 196 g/mol. The van der Waals surface area contributed by atoms with E-state index < -0.39 is 11.5 Å². The van der Waals surface area contributed by atoms with Crippen LogP contribution in [0.1, 0.15) is 32.6 Å². The first kappa shape index (κ1) is 11.0. The van der Waals surface area contributed by atoms with Crippen LogP contribution in [0.25, 0.3) is 0 Å². The van der Waals surface area contributed by atoms with E-state index in [4.69, 9.17) is 10.4 Å². The molecule has 0 bridgehead atoms. The number of carbonyl (C=O) groups excluding carboxylic acids is 1. The number of carbonyl (C=O) groups is 1. The molecule has 1 aliphatic carbocycles.